The molecule has 4 heteroatoms. The number of carbonyl (C=O) groups excluding carboxylic acids is 2. The number of primary amides is 1. The number of hydrogen-bond donors (Lipinski definition) is 2. The Hall–Kier alpha value is -2.62. The van der Waals surface area contributed by atoms with Crippen LogP contribution in [0, 0.1) is 6.42 Å². The molecule has 3 N–H and O–H groups in total. The Labute approximate surface area is 124 Å². The van der Waals surface area contributed by atoms with Gasteiger partial charge in [0.05, 0.1) is 6.42 Å². The van der Waals surface area contributed by atoms with Crippen LogP contribution in [0.1, 0.15) is 21.5 Å². The summed E-state index contributed by atoms with van der Waals surface area (Å²) in [6, 6.07) is 16.7. The molecule has 2 aromatic rings. The van der Waals surface area contributed by atoms with Crippen molar-refractivity contribution in [3.8, 4) is 0 Å². The Kier molecular flexibility index (Phi) is 5.10. The number of amides is 2. The van der Waals surface area contributed by atoms with Gasteiger partial charge in [-0.2, -0.15) is 0 Å². The molecule has 0 atom stereocenters. The zero-order valence-corrected chi connectivity index (χ0v) is 11.6. The first-order valence-corrected chi connectivity index (χ1v) is 6.69. The fourth-order valence-electron chi connectivity index (χ4n) is 2.00. The van der Waals surface area contributed by atoms with Crippen molar-refractivity contribution < 1.29 is 9.59 Å². The molecule has 0 saturated carbocycles. The van der Waals surface area contributed by atoms with Crippen molar-refractivity contribution in [1.29, 1.82) is 0 Å². The van der Waals surface area contributed by atoms with Gasteiger partial charge in [-0.25, -0.2) is 0 Å². The molecule has 0 aliphatic rings. The number of hydrogen-bond acceptors (Lipinski definition) is 2. The monoisotopic (exact) mass is 281 g/mol. The van der Waals surface area contributed by atoms with E-state index in [1.165, 1.54) is 6.42 Å². The van der Waals surface area contributed by atoms with E-state index in [0.29, 0.717) is 18.5 Å². The molecule has 0 unspecified atom stereocenters. The fraction of sp³-hybridized carbons (Fsp3) is 0.118. The number of nitrogens with two attached hydrogens (primary N) is 1. The summed E-state index contributed by atoms with van der Waals surface area (Å²) in [6.07, 6.45) is 1.89. The SMILES string of the molecule is NC(=O)c1ccccc1C[CH]C(=O)NCc1ccccc1. The van der Waals surface area contributed by atoms with E-state index in [0.717, 1.165) is 11.1 Å². The Morgan fingerprint density at radius 1 is 1.00 bits per heavy atom. The van der Waals surface area contributed by atoms with Crippen LogP contribution < -0.4 is 11.1 Å². The first kappa shape index (κ1) is 14.8. The van der Waals surface area contributed by atoms with Gasteiger partial charge in [-0.3, -0.25) is 9.59 Å². The molecule has 2 aromatic carbocycles. The molecule has 2 amide bonds. The summed E-state index contributed by atoms with van der Waals surface area (Å²) in [5.41, 5.74) is 7.54. The molecule has 0 spiro atoms. The fourth-order valence-corrected chi connectivity index (χ4v) is 2.00. The molecule has 0 fully saturated rings. The number of nitrogens with one attached hydrogen (secondary N) is 1. The maximum absolute atomic E-state index is 11.8. The van der Waals surface area contributed by atoms with E-state index in [-0.39, 0.29) is 5.91 Å². The van der Waals surface area contributed by atoms with Gasteiger partial charge in [0.25, 0.3) is 0 Å². The van der Waals surface area contributed by atoms with Crippen molar-refractivity contribution in [2.75, 3.05) is 0 Å². The van der Waals surface area contributed by atoms with Gasteiger partial charge < -0.3 is 11.1 Å². The van der Waals surface area contributed by atoms with Gasteiger partial charge in [-0.15, -0.1) is 0 Å². The topological polar surface area (TPSA) is 72.2 Å². The summed E-state index contributed by atoms with van der Waals surface area (Å²) < 4.78 is 0. The first-order valence-electron chi connectivity index (χ1n) is 6.69. The third-order valence-electron chi connectivity index (χ3n) is 3.10. The maximum Gasteiger partial charge on any atom is 0.248 e. The summed E-state index contributed by atoms with van der Waals surface area (Å²) >= 11 is 0. The number of benzene rings is 2. The standard InChI is InChI=1S/C17H17N2O2/c18-17(21)15-9-5-4-8-14(15)10-11-16(20)19-12-13-6-2-1-3-7-13/h1-9,11H,10,12H2,(H2,18,21)(H,19,20). The maximum atomic E-state index is 11.8. The molecule has 0 aliphatic heterocycles. The van der Waals surface area contributed by atoms with Crippen LogP contribution >= 0.6 is 0 Å². The van der Waals surface area contributed by atoms with Crippen molar-refractivity contribution in [2.24, 2.45) is 5.73 Å². The number of rotatable bonds is 6. The molecular formula is C17H17N2O2. The molecule has 0 bridgehead atoms. The average Bonchev–Trinajstić information content (AvgIpc) is 2.52. The average molecular weight is 281 g/mol. The minimum Gasteiger partial charge on any atom is -0.366 e. The summed E-state index contributed by atoms with van der Waals surface area (Å²) in [6.45, 7) is 0.480. The summed E-state index contributed by atoms with van der Waals surface area (Å²) in [5.74, 6) is -0.651. The van der Waals surface area contributed by atoms with Crippen LogP contribution in [-0.4, -0.2) is 11.8 Å². The minimum atomic E-state index is -0.483. The highest BCUT2D eigenvalue weighted by Crippen LogP contribution is 2.10. The largest absolute Gasteiger partial charge is 0.366 e. The van der Waals surface area contributed by atoms with E-state index in [4.69, 9.17) is 5.73 Å². The lowest BCUT2D eigenvalue weighted by atomic mass is 10.0. The summed E-state index contributed by atoms with van der Waals surface area (Å²) in [4.78, 5) is 23.1. The van der Waals surface area contributed by atoms with Crippen molar-refractivity contribution >= 4 is 11.8 Å². The Morgan fingerprint density at radius 2 is 1.67 bits per heavy atom. The zero-order chi connectivity index (χ0) is 15.1. The lowest BCUT2D eigenvalue weighted by molar-refractivity contribution is -0.118. The summed E-state index contributed by atoms with van der Waals surface area (Å²) in [7, 11) is 0. The van der Waals surface area contributed by atoms with Crippen LogP contribution in [0.25, 0.3) is 0 Å². The Bertz CT molecular complexity index is 624. The van der Waals surface area contributed by atoms with Crippen molar-refractivity contribution in [1.82, 2.24) is 5.32 Å². The third-order valence-corrected chi connectivity index (χ3v) is 3.10. The second-order valence-electron chi connectivity index (χ2n) is 4.63. The van der Waals surface area contributed by atoms with Crippen LogP contribution in [0.2, 0.25) is 0 Å². The lowest BCUT2D eigenvalue weighted by Gasteiger charge is -2.07. The van der Waals surface area contributed by atoms with Crippen LogP contribution in [0.3, 0.4) is 0 Å². The zero-order valence-electron chi connectivity index (χ0n) is 11.6. The number of carbonyl (C=O) groups is 2. The summed E-state index contributed by atoms with van der Waals surface area (Å²) in [5, 5.41) is 2.81. The molecule has 1 radical (unpaired) electrons. The van der Waals surface area contributed by atoms with E-state index in [9.17, 15) is 9.59 Å². The second kappa shape index (κ2) is 7.24. The molecule has 0 heterocycles. The minimum absolute atomic E-state index is 0.168. The highest BCUT2D eigenvalue weighted by Gasteiger charge is 2.09. The van der Waals surface area contributed by atoms with E-state index in [1.54, 1.807) is 18.2 Å². The Morgan fingerprint density at radius 3 is 2.38 bits per heavy atom. The third kappa shape index (κ3) is 4.45. The lowest BCUT2D eigenvalue weighted by Crippen LogP contribution is -2.24. The van der Waals surface area contributed by atoms with Crippen LogP contribution in [0.5, 0.6) is 0 Å². The van der Waals surface area contributed by atoms with Crippen molar-refractivity contribution in [3.05, 3.63) is 77.7 Å². The molecule has 0 saturated heterocycles. The molecule has 21 heavy (non-hydrogen) atoms. The smallest absolute Gasteiger partial charge is 0.248 e. The molecule has 0 aliphatic carbocycles. The van der Waals surface area contributed by atoms with Gasteiger partial charge >= 0.3 is 0 Å². The van der Waals surface area contributed by atoms with Crippen LogP contribution in [0.4, 0.5) is 0 Å². The van der Waals surface area contributed by atoms with Gasteiger partial charge in [0.2, 0.25) is 11.8 Å². The highest BCUT2D eigenvalue weighted by atomic mass is 16.1. The molecule has 0 aromatic heterocycles. The van der Waals surface area contributed by atoms with Crippen LogP contribution in [-0.2, 0) is 17.8 Å². The van der Waals surface area contributed by atoms with Gasteiger partial charge in [0.15, 0.2) is 0 Å². The van der Waals surface area contributed by atoms with Crippen molar-refractivity contribution in [2.45, 2.75) is 13.0 Å². The van der Waals surface area contributed by atoms with Crippen molar-refractivity contribution in [3.63, 3.8) is 0 Å². The van der Waals surface area contributed by atoms with E-state index < -0.39 is 5.91 Å². The molecule has 107 valence electrons. The normalized spacial score (nSPS) is 10.1. The van der Waals surface area contributed by atoms with E-state index in [2.05, 4.69) is 5.32 Å². The van der Waals surface area contributed by atoms with E-state index in [1.807, 2.05) is 36.4 Å². The first-order chi connectivity index (χ1) is 10.2. The quantitative estimate of drug-likeness (QED) is 0.848. The van der Waals surface area contributed by atoms with Gasteiger partial charge in [0, 0.05) is 12.1 Å². The molecule has 4 nitrogen and oxygen atoms in total. The predicted molar refractivity (Wildman–Crippen MR) is 81.3 cm³/mol. The highest BCUT2D eigenvalue weighted by molar-refractivity contribution is 5.94. The van der Waals surface area contributed by atoms with E-state index >= 15 is 0 Å². The molecular weight excluding hydrogens is 264 g/mol. The predicted octanol–water partition coefficient (Wildman–Crippen LogP) is 1.85. The van der Waals surface area contributed by atoms with Gasteiger partial charge in [0.1, 0.15) is 0 Å². The molecule has 2 rings (SSSR count). The second-order valence-corrected chi connectivity index (χ2v) is 4.63. The van der Waals surface area contributed by atoms with Gasteiger partial charge in [-0.1, -0.05) is 48.5 Å². The Balaban J connectivity index is 1.86. The van der Waals surface area contributed by atoms with Gasteiger partial charge in [-0.05, 0) is 23.6 Å². The van der Waals surface area contributed by atoms with Crippen LogP contribution in [0.15, 0.2) is 54.6 Å².